The Morgan fingerprint density at radius 3 is 2.59 bits per heavy atom. The van der Waals surface area contributed by atoms with Crippen LogP contribution < -0.4 is 10.1 Å². The standard InChI is InChI=1S/C24H22ClF2N3O4/c1-15-18(16(2)30(29-15)13-17-7-3-4-8-19(17)25)11-12-23(32)33-14-22(31)28-20-9-5-6-10-21(20)34-24(26)27/h3-12,24H,13-14H2,1-2H3,(H,28,31)/b12-11+. The zero-order chi connectivity index (χ0) is 24.7. The summed E-state index contributed by atoms with van der Waals surface area (Å²) in [6.07, 6.45) is 2.75. The number of hydrogen-bond acceptors (Lipinski definition) is 5. The number of halogens is 3. The number of hydrogen-bond donors (Lipinski definition) is 1. The average Bonchev–Trinajstić information content (AvgIpc) is 3.05. The molecule has 10 heteroatoms. The molecule has 1 amide bonds. The number of anilines is 1. The van der Waals surface area contributed by atoms with Gasteiger partial charge in [0.2, 0.25) is 0 Å². The van der Waals surface area contributed by atoms with Crippen LogP contribution in [0.25, 0.3) is 6.08 Å². The van der Waals surface area contributed by atoms with Crippen LogP contribution in [0.2, 0.25) is 5.02 Å². The summed E-state index contributed by atoms with van der Waals surface area (Å²) in [5, 5.41) is 7.51. The molecule has 0 saturated carbocycles. The summed E-state index contributed by atoms with van der Waals surface area (Å²) in [6, 6.07) is 13.2. The maximum Gasteiger partial charge on any atom is 0.387 e. The van der Waals surface area contributed by atoms with Gasteiger partial charge in [-0.05, 0) is 43.7 Å². The quantitative estimate of drug-likeness (QED) is 0.338. The number of nitrogens with one attached hydrogen (secondary N) is 1. The molecule has 0 aliphatic carbocycles. The first-order valence-electron chi connectivity index (χ1n) is 10.2. The van der Waals surface area contributed by atoms with Crippen LogP contribution in [0.5, 0.6) is 5.75 Å². The Labute approximate surface area is 199 Å². The van der Waals surface area contributed by atoms with Gasteiger partial charge in [-0.3, -0.25) is 9.48 Å². The van der Waals surface area contributed by atoms with Crippen molar-refractivity contribution in [1.82, 2.24) is 9.78 Å². The molecule has 0 unspecified atom stereocenters. The topological polar surface area (TPSA) is 82.5 Å². The van der Waals surface area contributed by atoms with Crippen molar-refractivity contribution in [3.05, 3.63) is 82.1 Å². The summed E-state index contributed by atoms with van der Waals surface area (Å²) in [7, 11) is 0. The summed E-state index contributed by atoms with van der Waals surface area (Å²) in [6.45, 7) is 0.515. The lowest BCUT2D eigenvalue weighted by Crippen LogP contribution is -2.20. The Bertz CT molecular complexity index is 1210. The van der Waals surface area contributed by atoms with Gasteiger partial charge in [0.25, 0.3) is 5.91 Å². The van der Waals surface area contributed by atoms with Gasteiger partial charge < -0.3 is 14.8 Å². The first kappa shape index (κ1) is 24.9. The van der Waals surface area contributed by atoms with E-state index in [1.165, 1.54) is 24.3 Å². The van der Waals surface area contributed by atoms with E-state index in [-0.39, 0.29) is 11.4 Å². The number of carbonyl (C=O) groups excluding carboxylic acids is 2. The van der Waals surface area contributed by atoms with E-state index >= 15 is 0 Å². The van der Waals surface area contributed by atoms with E-state index < -0.39 is 25.1 Å². The highest BCUT2D eigenvalue weighted by Gasteiger charge is 2.14. The molecule has 2 aromatic carbocycles. The lowest BCUT2D eigenvalue weighted by Gasteiger charge is -2.11. The lowest BCUT2D eigenvalue weighted by molar-refractivity contribution is -0.142. The van der Waals surface area contributed by atoms with Crippen LogP contribution in [0.4, 0.5) is 14.5 Å². The Hall–Kier alpha value is -3.72. The highest BCUT2D eigenvalue weighted by Crippen LogP contribution is 2.25. The largest absolute Gasteiger partial charge is 0.452 e. The second-order valence-corrected chi connectivity index (χ2v) is 7.60. The third-order valence-electron chi connectivity index (χ3n) is 4.82. The van der Waals surface area contributed by atoms with Gasteiger partial charge in [-0.2, -0.15) is 13.9 Å². The number of rotatable bonds is 9. The molecular formula is C24H22ClF2N3O4. The predicted octanol–water partition coefficient (Wildman–Crippen LogP) is 5.00. The fraction of sp³-hybridized carbons (Fsp3) is 0.208. The monoisotopic (exact) mass is 489 g/mol. The second-order valence-electron chi connectivity index (χ2n) is 7.20. The predicted molar refractivity (Wildman–Crippen MR) is 124 cm³/mol. The van der Waals surface area contributed by atoms with Crippen molar-refractivity contribution in [2.24, 2.45) is 0 Å². The average molecular weight is 490 g/mol. The molecule has 0 aliphatic heterocycles. The van der Waals surface area contributed by atoms with Crippen molar-refractivity contribution in [1.29, 1.82) is 0 Å². The van der Waals surface area contributed by atoms with Crippen LogP contribution in [0, 0.1) is 13.8 Å². The van der Waals surface area contributed by atoms with Crippen LogP contribution in [0.3, 0.4) is 0 Å². The third kappa shape index (κ3) is 6.64. The van der Waals surface area contributed by atoms with Gasteiger partial charge in [0, 0.05) is 22.4 Å². The van der Waals surface area contributed by atoms with Crippen LogP contribution >= 0.6 is 11.6 Å². The Morgan fingerprint density at radius 1 is 1.15 bits per heavy atom. The summed E-state index contributed by atoms with van der Waals surface area (Å²) in [5.74, 6) is -1.64. The van der Waals surface area contributed by atoms with Crippen LogP contribution in [0.1, 0.15) is 22.5 Å². The zero-order valence-electron chi connectivity index (χ0n) is 18.4. The fourth-order valence-electron chi connectivity index (χ4n) is 3.19. The van der Waals surface area contributed by atoms with E-state index in [9.17, 15) is 18.4 Å². The minimum Gasteiger partial charge on any atom is -0.452 e. The van der Waals surface area contributed by atoms with Crippen molar-refractivity contribution < 1.29 is 27.8 Å². The van der Waals surface area contributed by atoms with E-state index in [0.29, 0.717) is 17.3 Å². The highest BCUT2D eigenvalue weighted by molar-refractivity contribution is 6.31. The number of aromatic nitrogens is 2. The van der Waals surface area contributed by atoms with Crippen molar-refractivity contribution in [3.63, 3.8) is 0 Å². The first-order chi connectivity index (χ1) is 16.2. The van der Waals surface area contributed by atoms with Crippen molar-refractivity contribution in [3.8, 4) is 5.75 Å². The first-order valence-corrected chi connectivity index (χ1v) is 10.6. The van der Waals surface area contributed by atoms with E-state index in [1.54, 1.807) is 22.9 Å². The van der Waals surface area contributed by atoms with Gasteiger partial charge in [-0.15, -0.1) is 0 Å². The summed E-state index contributed by atoms with van der Waals surface area (Å²) in [5.41, 5.74) is 3.23. The van der Waals surface area contributed by atoms with Gasteiger partial charge in [0.05, 0.1) is 17.9 Å². The van der Waals surface area contributed by atoms with E-state index in [1.807, 2.05) is 32.0 Å². The Kier molecular flexibility index (Phi) is 8.37. The minimum atomic E-state index is -3.04. The minimum absolute atomic E-state index is 0.0385. The molecule has 7 nitrogen and oxygen atoms in total. The Morgan fingerprint density at radius 2 is 1.85 bits per heavy atom. The number of carbonyl (C=O) groups is 2. The van der Waals surface area contributed by atoms with Gasteiger partial charge in [0.15, 0.2) is 6.61 Å². The summed E-state index contributed by atoms with van der Waals surface area (Å²) in [4.78, 5) is 24.2. The van der Waals surface area contributed by atoms with Gasteiger partial charge in [0.1, 0.15) is 5.75 Å². The molecule has 1 aromatic heterocycles. The SMILES string of the molecule is Cc1nn(Cc2ccccc2Cl)c(C)c1/C=C/C(=O)OCC(=O)Nc1ccccc1OC(F)F. The molecular weight excluding hydrogens is 468 g/mol. The molecule has 0 bridgehead atoms. The molecule has 3 rings (SSSR count). The molecule has 0 radical (unpaired) electrons. The summed E-state index contributed by atoms with van der Waals surface area (Å²) >= 11 is 6.23. The lowest BCUT2D eigenvalue weighted by atomic mass is 10.1. The van der Waals surface area contributed by atoms with Gasteiger partial charge in [-0.1, -0.05) is 41.9 Å². The molecule has 3 aromatic rings. The van der Waals surface area contributed by atoms with Crippen LogP contribution in [-0.2, 0) is 20.9 Å². The maximum atomic E-state index is 12.5. The fourth-order valence-corrected chi connectivity index (χ4v) is 3.38. The van der Waals surface area contributed by atoms with Gasteiger partial charge in [-0.25, -0.2) is 4.79 Å². The molecule has 1 heterocycles. The molecule has 0 saturated heterocycles. The van der Waals surface area contributed by atoms with Crippen LogP contribution in [0.15, 0.2) is 54.6 Å². The molecule has 0 fully saturated rings. The second kappa shape index (κ2) is 11.4. The zero-order valence-corrected chi connectivity index (χ0v) is 19.2. The maximum absolute atomic E-state index is 12.5. The molecule has 0 spiro atoms. The number of aryl methyl sites for hydroxylation is 1. The molecule has 0 atom stereocenters. The van der Waals surface area contributed by atoms with Crippen molar-refractivity contribution >= 4 is 35.2 Å². The molecule has 178 valence electrons. The number of amides is 1. The number of esters is 1. The van der Waals surface area contributed by atoms with E-state index in [4.69, 9.17) is 16.3 Å². The van der Waals surface area contributed by atoms with Crippen molar-refractivity contribution in [2.75, 3.05) is 11.9 Å². The summed E-state index contributed by atoms with van der Waals surface area (Å²) < 4.78 is 36.0. The number of alkyl halides is 2. The molecule has 0 aliphatic rings. The van der Waals surface area contributed by atoms with Crippen LogP contribution in [-0.4, -0.2) is 34.9 Å². The van der Waals surface area contributed by atoms with Gasteiger partial charge >= 0.3 is 12.6 Å². The number of benzene rings is 2. The van der Waals surface area contributed by atoms with E-state index in [0.717, 1.165) is 16.8 Å². The highest BCUT2D eigenvalue weighted by atomic mass is 35.5. The number of para-hydroxylation sites is 2. The normalized spacial score (nSPS) is 11.1. The Balaban J connectivity index is 1.58. The number of nitrogens with zero attached hydrogens (tertiary/aromatic N) is 2. The smallest absolute Gasteiger partial charge is 0.387 e. The number of ether oxygens (including phenoxy) is 2. The van der Waals surface area contributed by atoms with Crippen molar-refractivity contribution in [2.45, 2.75) is 27.0 Å². The molecule has 34 heavy (non-hydrogen) atoms. The third-order valence-corrected chi connectivity index (χ3v) is 5.19. The van der Waals surface area contributed by atoms with E-state index in [2.05, 4.69) is 15.2 Å². The molecule has 1 N–H and O–H groups in total.